The molecule has 19 heavy (non-hydrogen) atoms. The first-order valence-corrected chi connectivity index (χ1v) is 5.82. The summed E-state index contributed by atoms with van der Waals surface area (Å²) in [7, 11) is 4.69. The highest BCUT2D eigenvalue weighted by atomic mass is 16.7. The van der Waals surface area contributed by atoms with Crippen LogP contribution < -0.4 is 9.64 Å². The number of carbonyl (C=O) groups is 1. The normalized spacial score (nSPS) is 16.9. The molecule has 1 aliphatic rings. The summed E-state index contributed by atoms with van der Waals surface area (Å²) in [5, 5.41) is 9.21. The minimum absolute atomic E-state index is 0.238. The number of carboxylic acid groups (broad SMARTS) is 1. The Labute approximate surface area is 111 Å². The van der Waals surface area contributed by atoms with Crippen molar-refractivity contribution in [2.45, 2.75) is 5.79 Å². The van der Waals surface area contributed by atoms with E-state index in [2.05, 4.69) is 0 Å². The largest absolute Gasteiger partial charge is 0.497 e. The molecule has 1 fully saturated rings. The predicted molar refractivity (Wildman–Crippen MR) is 68.9 cm³/mol. The van der Waals surface area contributed by atoms with Gasteiger partial charge in [-0.2, -0.15) is 0 Å². The highest BCUT2D eigenvalue weighted by Crippen LogP contribution is 2.35. The van der Waals surface area contributed by atoms with E-state index < -0.39 is 11.8 Å². The summed E-state index contributed by atoms with van der Waals surface area (Å²) in [5.41, 5.74) is 0.846. The van der Waals surface area contributed by atoms with Crippen molar-refractivity contribution in [3.8, 4) is 5.75 Å². The zero-order valence-corrected chi connectivity index (χ0v) is 11.2. The number of anilines is 1. The number of nitrogens with zero attached hydrogens (tertiary/aromatic N) is 1. The van der Waals surface area contributed by atoms with E-state index in [9.17, 15) is 9.90 Å². The second-order valence-corrected chi connectivity index (χ2v) is 4.36. The lowest BCUT2D eigenvalue weighted by Gasteiger charge is -2.49. The SMILES string of the molecule is COc1ccc(C(=O)O)c(N2CC(OC)(OC)C2)c1. The van der Waals surface area contributed by atoms with Crippen LogP contribution in [0.2, 0.25) is 0 Å². The standard InChI is InChI=1S/C13H17NO5/c1-17-9-4-5-10(12(15)16)11(6-9)14-7-13(8-14,18-2)19-3/h4-6H,7-8H2,1-3H3,(H,15,16). The van der Waals surface area contributed by atoms with Gasteiger partial charge in [-0.3, -0.25) is 0 Å². The van der Waals surface area contributed by atoms with Crippen molar-refractivity contribution >= 4 is 11.7 Å². The predicted octanol–water partition coefficient (Wildman–Crippen LogP) is 1.20. The van der Waals surface area contributed by atoms with Crippen LogP contribution in [0.3, 0.4) is 0 Å². The van der Waals surface area contributed by atoms with E-state index in [4.69, 9.17) is 14.2 Å². The van der Waals surface area contributed by atoms with Crippen molar-refractivity contribution in [2.24, 2.45) is 0 Å². The zero-order chi connectivity index (χ0) is 14.0. The van der Waals surface area contributed by atoms with Gasteiger partial charge in [0.15, 0.2) is 0 Å². The fraction of sp³-hybridized carbons (Fsp3) is 0.462. The molecular formula is C13H17NO5. The van der Waals surface area contributed by atoms with E-state index in [0.29, 0.717) is 24.5 Å². The summed E-state index contributed by atoms with van der Waals surface area (Å²) in [6, 6.07) is 4.88. The molecular weight excluding hydrogens is 250 g/mol. The van der Waals surface area contributed by atoms with Crippen LogP contribution in [0.1, 0.15) is 10.4 Å². The molecule has 1 saturated heterocycles. The molecule has 0 amide bonds. The Bertz CT molecular complexity index is 476. The van der Waals surface area contributed by atoms with E-state index >= 15 is 0 Å². The molecule has 0 bridgehead atoms. The van der Waals surface area contributed by atoms with Crippen LogP contribution >= 0.6 is 0 Å². The monoisotopic (exact) mass is 267 g/mol. The molecule has 1 heterocycles. The number of hydrogen-bond acceptors (Lipinski definition) is 5. The van der Waals surface area contributed by atoms with Gasteiger partial charge in [-0.25, -0.2) is 4.79 Å². The fourth-order valence-corrected chi connectivity index (χ4v) is 2.13. The molecule has 1 N–H and O–H groups in total. The first-order valence-electron chi connectivity index (χ1n) is 5.82. The summed E-state index contributed by atoms with van der Waals surface area (Å²) < 4.78 is 15.7. The number of carboxylic acids is 1. The Morgan fingerprint density at radius 2 is 1.89 bits per heavy atom. The third-order valence-electron chi connectivity index (χ3n) is 3.38. The molecule has 0 aliphatic carbocycles. The topological polar surface area (TPSA) is 68.2 Å². The summed E-state index contributed by atoms with van der Waals surface area (Å²) in [4.78, 5) is 13.1. The van der Waals surface area contributed by atoms with Crippen molar-refractivity contribution in [1.29, 1.82) is 0 Å². The lowest BCUT2D eigenvalue weighted by atomic mass is 10.0. The van der Waals surface area contributed by atoms with E-state index in [1.807, 2.05) is 4.90 Å². The minimum Gasteiger partial charge on any atom is -0.497 e. The lowest BCUT2D eigenvalue weighted by Crippen LogP contribution is -2.64. The number of benzene rings is 1. The molecule has 0 saturated carbocycles. The van der Waals surface area contributed by atoms with Crippen LogP contribution in [-0.2, 0) is 9.47 Å². The van der Waals surface area contributed by atoms with Crippen LogP contribution in [0.25, 0.3) is 0 Å². The number of aromatic carboxylic acids is 1. The molecule has 6 heteroatoms. The third kappa shape index (κ3) is 2.36. The summed E-state index contributed by atoms with van der Waals surface area (Å²) in [5.74, 6) is -1.00. The Hall–Kier alpha value is -1.79. The molecule has 1 aromatic rings. The second kappa shape index (κ2) is 5.07. The quantitative estimate of drug-likeness (QED) is 0.809. The van der Waals surface area contributed by atoms with Crippen molar-refractivity contribution in [3.63, 3.8) is 0 Å². The third-order valence-corrected chi connectivity index (χ3v) is 3.38. The zero-order valence-electron chi connectivity index (χ0n) is 11.2. The van der Waals surface area contributed by atoms with Crippen molar-refractivity contribution in [2.75, 3.05) is 39.3 Å². The molecule has 0 atom stereocenters. The van der Waals surface area contributed by atoms with E-state index in [1.165, 1.54) is 6.07 Å². The number of ether oxygens (including phenoxy) is 3. The summed E-state index contributed by atoms with van der Waals surface area (Å²) in [6.07, 6.45) is 0. The van der Waals surface area contributed by atoms with Gasteiger partial charge in [0, 0.05) is 20.3 Å². The van der Waals surface area contributed by atoms with Crippen molar-refractivity contribution in [3.05, 3.63) is 23.8 Å². The van der Waals surface area contributed by atoms with Gasteiger partial charge in [0.2, 0.25) is 5.79 Å². The number of methoxy groups -OCH3 is 3. The van der Waals surface area contributed by atoms with E-state index in [0.717, 1.165) is 0 Å². The Morgan fingerprint density at radius 3 is 2.37 bits per heavy atom. The summed E-state index contributed by atoms with van der Waals surface area (Å²) in [6.45, 7) is 0.959. The van der Waals surface area contributed by atoms with Crippen LogP contribution in [-0.4, -0.2) is 51.3 Å². The van der Waals surface area contributed by atoms with Gasteiger partial charge in [-0.1, -0.05) is 0 Å². The smallest absolute Gasteiger partial charge is 0.337 e. The van der Waals surface area contributed by atoms with Crippen LogP contribution in [0.5, 0.6) is 5.75 Å². The maximum Gasteiger partial charge on any atom is 0.337 e. The van der Waals surface area contributed by atoms with Gasteiger partial charge < -0.3 is 24.2 Å². The van der Waals surface area contributed by atoms with Gasteiger partial charge >= 0.3 is 5.97 Å². The Morgan fingerprint density at radius 1 is 1.26 bits per heavy atom. The maximum absolute atomic E-state index is 11.2. The van der Waals surface area contributed by atoms with E-state index in [1.54, 1.807) is 33.5 Å². The molecule has 6 nitrogen and oxygen atoms in total. The van der Waals surface area contributed by atoms with E-state index in [-0.39, 0.29) is 5.56 Å². The first-order chi connectivity index (χ1) is 9.05. The molecule has 0 aromatic heterocycles. The Kier molecular flexibility index (Phi) is 3.64. The molecule has 0 spiro atoms. The van der Waals surface area contributed by atoms with Crippen LogP contribution in [0, 0.1) is 0 Å². The van der Waals surface area contributed by atoms with Crippen molar-refractivity contribution in [1.82, 2.24) is 0 Å². The fourth-order valence-electron chi connectivity index (χ4n) is 2.13. The van der Waals surface area contributed by atoms with Crippen LogP contribution in [0.15, 0.2) is 18.2 Å². The van der Waals surface area contributed by atoms with Gasteiger partial charge in [0.1, 0.15) is 5.75 Å². The lowest BCUT2D eigenvalue weighted by molar-refractivity contribution is -0.219. The van der Waals surface area contributed by atoms with Gasteiger partial charge in [-0.15, -0.1) is 0 Å². The first kappa shape index (κ1) is 13.6. The molecule has 0 radical (unpaired) electrons. The number of rotatable bonds is 5. The van der Waals surface area contributed by atoms with Crippen molar-refractivity contribution < 1.29 is 24.1 Å². The van der Waals surface area contributed by atoms with Gasteiger partial charge in [0.05, 0.1) is 31.5 Å². The number of hydrogen-bond donors (Lipinski definition) is 1. The van der Waals surface area contributed by atoms with Gasteiger partial charge in [0.25, 0.3) is 0 Å². The molecule has 2 rings (SSSR count). The molecule has 0 unspecified atom stereocenters. The summed E-state index contributed by atoms with van der Waals surface area (Å²) >= 11 is 0. The second-order valence-electron chi connectivity index (χ2n) is 4.36. The average Bonchev–Trinajstić information content (AvgIpc) is 2.38. The Balaban J connectivity index is 2.27. The van der Waals surface area contributed by atoms with Gasteiger partial charge in [-0.05, 0) is 12.1 Å². The minimum atomic E-state index is -0.968. The maximum atomic E-state index is 11.2. The molecule has 1 aliphatic heterocycles. The molecule has 104 valence electrons. The highest BCUT2D eigenvalue weighted by molar-refractivity contribution is 5.95. The highest BCUT2D eigenvalue weighted by Gasteiger charge is 2.45. The van der Waals surface area contributed by atoms with Crippen LogP contribution in [0.4, 0.5) is 5.69 Å². The average molecular weight is 267 g/mol. The molecule has 1 aromatic carbocycles.